The molecule has 7 nitrogen and oxygen atoms in total. The lowest BCUT2D eigenvalue weighted by Gasteiger charge is -2.28. The van der Waals surface area contributed by atoms with E-state index in [0.717, 1.165) is 34.2 Å². The van der Waals surface area contributed by atoms with Gasteiger partial charge in [0.05, 0.1) is 7.11 Å². The zero-order valence-electron chi connectivity index (χ0n) is 21.7. The summed E-state index contributed by atoms with van der Waals surface area (Å²) in [4.78, 5) is 33.4. The van der Waals surface area contributed by atoms with Gasteiger partial charge in [-0.3, -0.25) is 4.79 Å². The van der Waals surface area contributed by atoms with E-state index in [1.807, 2.05) is 60.5 Å². The topological polar surface area (TPSA) is 77.7 Å². The van der Waals surface area contributed by atoms with Crippen LogP contribution < -0.4 is 10.1 Å². The number of nitrogens with one attached hydrogen (secondary N) is 2. The van der Waals surface area contributed by atoms with Crippen molar-refractivity contribution in [3.63, 3.8) is 0 Å². The third-order valence-corrected chi connectivity index (χ3v) is 6.67. The number of aromatic nitrogens is 1. The first-order valence-electron chi connectivity index (χ1n) is 12.7. The van der Waals surface area contributed by atoms with Crippen molar-refractivity contribution in [1.29, 1.82) is 0 Å². The molecule has 0 radical (unpaired) electrons. The second-order valence-corrected chi connectivity index (χ2v) is 9.57. The van der Waals surface area contributed by atoms with Crippen molar-refractivity contribution in [3.05, 3.63) is 95.1 Å². The number of ether oxygens (including phenoxy) is 1. The van der Waals surface area contributed by atoms with Crippen LogP contribution in [0.4, 0.5) is 10.5 Å². The first-order valence-corrected chi connectivity index (χ1v) is 13.1. The zero-order valence-corrected chi connectivity index (χ0v) is 22.5. The molecular weight excluding hydrogens is 500 g/mol. The van der Waals surface area contributed by atoms with Gasteiger partial charge in [0.2, 0.25) is 5.91 Å². The molecule has 0 aliphatic heterocycles. The number of hydrogen-bond donors (Lipinski definition) is 2. The summed E-state index contributed by atoms with van der Waals surface area (Å²) in [5.74, 6) is 0.652. The minimum absolute atomic E-state index is 0.0166. The Balaban J connectivity index is 1.49. The minimum Gasteiger partial charge on any atom is -0.497 e. The van der Waals surface area contributed by atoms with E-state index in [4.69, 9.17) is 16.3 Å². The highest BCUT2D eigenvalue weighted by molar-refractivity contribution is 6.30. The van der Waals surface area contributed by atoms with Crippen LogP contribution in [0.3, 0.4) is 0 Å². The van der Waals surface area contributed by atoms with Gasteiger partial charge in [-0.2, -0.15) is 0 Å². The fraction of sp³-hybridized carbons (Fsp3) is 0.267. The maximum absolute atomic E-state index is 13.6. The van der Waals surface area contributed by atoms with Gasteiger partial charge < -0.3 is 24.8 Å². The first kappa shape index (κ1) is 27.1. The van der Waals surface area contributed by atoms with Gasteiger partial charge in [-0.05, 0) is 66.4 Å². The van der Waals surface area contributed by atoms with Gasteiger partial charge in [0.1, 0.15) is 12.3 Å². The predicted octanol–water partition coefficient (Wildman–Crippen LogP) is 6.35. The van der Waals surface area contributed by atoms with Crippen molar-refractivity contribution in [2.75, 3.05) is 32.1 Å². The van der Waals surface area contributed by atoms with Crippen molar-refractivity contribution in [3.8, 4) is 5.75 Å². The number of halogens is 1. The Morgan fingerprint density at radius 1 is 0.947 bits per heavy atom. The molecule has 8 heteroatoms. The van der Waals surface area contributed by atoms with Crippen LogP contribution in [0.15, 0.2) is 79.0 Å². The summed E-state index contributed by atoms with van der Waals surface area (Å²) < 4.78 is 5.28. The zero-order chi connectivity index (χ0) is 26.9. The number of hydrogen-bond acceptors (Lipinski definition) is 3. The maximum Gasteiger partial charge on any atom is 0.322 e. The van der Waals surface area contributed by atoms with E-state index in [-0.39, 0.29) is 18.5 Å². The highest BCUT2D eigenvalue weighted by Gasteiger charge is 2.22. The number of aromatic amines is 1. The fourth-order valence-electron chi connectivity index (χ4n) is 4.36. The third-order valence-electron chi connectivity index (χ3n) is 6.41. The maximum atomic E-state index is 13.6. The van der Waals surface area contributed by atoms with Gasteiger partial charge in [0.25, 0.3) is 0 Å². The Morgan fingerprint density at radius 3 is 2.39 bits per heavy atom. The number of fused-ring (bicyclic) bond motifs is 1. The van der Waals surface area contributed by atoms with Crippen LogP contribution in [0, 0.1) is 0 Å². The normalized spacial score (nSPS) is 10.8. The molecule has 198 valence electrons. The van der Waals surface area contributed by atoms with Crippen LogP contribution in [-0.2, 0) is 17.8 Å². The molecule has 2 N–H and O–H groups in total. The number of para-hydroxylation sites is 1. The smallest absolute Gasteiger partial charge is 0.322 e. The second kappa shape index (κ2) is 13.0. The van der Waals surface area contributed by atoms with Crippen molar-refractivity contribution >= 4 is 40.1 Å². The molecule has 0 fully saturated rings. The molecule has 0 saturated carbocycles. The minimum atomic E-state index is -0.316. The molecule has 0 unspecified atom stereocenters. The lowest BCUT2D eigenvalue weighted by Crippen LogP contribution is -2.45. The molecule has 38 heavy (non-hydrogen) atoms. The van der Waals surface area contributed by atoms with E-state index in [1.165, 1.54) is 0 Å². The van der Waals surface area contributed by atoms with Gasteiger partial charge >= 0.3 is 6.03 Å². The van der Waals surface area contributed by atoms with E-state index >= 15 is 0 Å². The number of H-pyrrole nitrogens is 1. The summed E-state index contributed by atoms with van der Waals surface area (Å²) in [6.07, 6.45) is 3.43. The largest absolute Gasteiger partial charge is 0.497 e. The third kappa shape index (κ3) is 7.07. The quantitative estimate of drug-likeness (QED) is 0.236. The number of urea groups is 1. The number of carbonyl (C=O) groups excluding carboxylic acids is 2. The van der Waals surface area contributed by atoms with E-state index < -0.39 is 0 Å². The lowest BCUT2D eigenvalue weighted by molar-refractivity contribution is -0.132. The van der Waals surface area contributed by atoms with Crippen molar-refractivity contribution in [2.24, 2.45) is 0 Å². The van der Waals surface area contributed by atoms with Crippen LogP contribution in [0.5, 0.6) is 5.75 Å². The monoisotopic (exact) mass is 532 g/mol. The van der Waals surface area contributed by atoms with Gasteiger partial charge in [0.15, 0.2) is 0 Å². The highest BCUT2D eigenvalue weighted by Crippen LogP contribution is 2.20. The van der Waals surface area contributed by atoms with E-state index in [1.54, 1.807) is 36.3 Å². The molecule has 0 aliphatic carbocycles. The number of amides is 3. The van der Waals surface area contributed by atoms with Gasteiger partial charge in [-0.1, -0.05) is 48.9 Å². The molecule has 3 amide bonds. The molecule has 4 aromatic rings. The number of rotatable bonds is 11. The van der Waals surface area contributed by atoms with Crippen molar-refractivity contribution < 1.29 is 14.3 Å². The number of methoxy groups -OCH3 is 1. The highest BCUT2D eigenvalue weighted by atomic mass is 35.5. The van der Waals surface area contributed by atoms with Crippen LogP contribution >= 0.6 is 11.6 Å². The molecule has 1 heterocycles. The predicted molar refractivity (Wildman–Crippen MR) is 153 cm³/mol. The van der Waals surface area contributed by atoms with Crippen molar-refractivity contribution in [1.82, 2.24) is 14.8 Å². The Hall–Kier alpha value is -3.97. The van der Waals surface area contributed by atoms with Gasteiger partial charge in [0, 0.05) is 47.4 Å². The Kier molecular flexibility index (Phi) is 9.27. The fourth-order valence-corrected chi connectivity index (χ4v) is 4.48. The molecular formula is C30H33ClN4O3. The van der Waals surface area contributed by atoms with Crippen LogP contribution in [0.1, 0.15) is 24.5 Å². The molecule has 0 bridgehead atoms. The Labute approximate surface area is 228 Å². The van der Waals surface area contributed by atoms with Crippen LogP contribution in [0.25, 0.3) is 10.9 Å². The molecule has 0 saturated heterocycles. The van der Waals surface area contributed by atoms with E-state index in [2.05, 4.69) is 16.4 Å². The summed E-state index contributed by atoms with van der Waals surface area (Å²) in [7, 11) is 1.63. The first-order chi connectivity index (χ1) is 18.5. The second-order valence-electron chi connectivity index (χ2n) is 9.13. The standard InChI is InChI=1S/C30H33ClN4O3/c1-3-17-35(30(37)33-25-12-10-24(31)11-13-25)21-29(36)34(20-22-8-14-26(38-2)15-9-22)18-16-23-19-32-28-7-5-4-6-27(23)28/h4-15,19,32H,3,16-18,20-21H2,1-2H3,(H,33,37). The summed E-state index contributed by atoms with van der Waals surface area (Å²) in [5.41, 5.74) is 3.84. The Morgan fingerprint density at radius 2 is 1.68 bits per heavy atom. The van der Waals surface area contributed by atoms with Crippen LogP contribution in [-0.4, -0.2) is 53.5 Å². The van der Waals surface area contributed by atoms with Gasteiger partial charge in [-0.25, -0.2) is 4.79 Å². The number of carbonyl (C=O) groups is 2. The Bertz CT molecular complexity index is 1350. The van der Waals surface area contributed by atoms with E-state index in [0.29, 0.717) is 36.8 Å². The summed E-state index contributed by atoms with van der Waals surface area (Å²) in [6, 6.07) is 22.4. The molecule has 0 aliphatic rings. The SMILES string of the molecule is CCCN(CC(=O)N(CCc1c[nH]c2ccccc12)Cc1ccc(OC)cc1)C(=O)Nc1ccc(Cl)cc1. The van der Waals surface area contributed by atoms with Crippen molar-refractivity contribution in [2.45, 2.75) is 26.3 Å². The molecule has 1 aromatic heterocycles. The van der Waals surface area contributed by atoms with Gasteiger partial charge in [-0.15, -0.1) is 0 Å². The number of benzene rings is 3. The number of anilines is 1. The average Bonchev–Trinajstić information content (AvgIpc) is 3.35. The summed E-state index contributed by atoms with van der Waals surface area (Å²) >= 11 is 5.96. The summed E-state index contributed by atoms with van der Waals surface area (Å²) in [6.45, 7) is 3.38. The summed E-state index contributed by atoms with van der Waals surface area (Å²) in [5, 5.41) is 4.62. The van der Waals surface area contributed by atoms with Crippen LogP contribution in [0.2, 0.25) is 5.02 Å². The molecule has 0 atom stereocenters. The molecule has 4 rings (SSSR count). The number of nitrogens with zero attached hydrogens (tertiary/aromatic N) is 2. The van der Waals surface area contributed by atoms with E-state index in [9.17, 15) is 9.59 Å². The average molecular weight is 533 g/mol. The molecule has 3 aromatic carbocycles. The molecule has 0 spiro atoms. The lowest BCUT2D eigenvalue weighted by atomic mass is 10.1.